The number of rotatable bonds is 6. The largest absolute Gasteiger partial charge is 0.467 e. The van der Waals surface area contributed by atoms with Gasteiger partial charge in [-0.15, -0.1) is 0 Å². The zero-order valence-corrected chi connectivity index (χ0v) is 14.9. The molecule has 0 radical (unpaired) electrons. The molecule has 1 aromatic heterocycles. The molecule has 1 amide bonds. The molecular weight excluding hydrogens is 322 g/mol. The molecule has 134 valence electrons. The summed E-state index contributed by atoms with van der Waals surface area (Å²) in [4.78, 5) is 36.2. The Labute approximate surface area is 146 Å². The number of aromatic nitrogens is 2. The van der Waals surface area contributed by atoms with Crippen molar-refractivity contribution in [3.63, 3.8) is 0 Å². The molecule has 0 fully saturated rings. The van der Waals surface area contributed by atoms with Crippen molar-refractivity contribution >= 4 is 22.6 Å². The lowest BCUT2D eigenvalue weighted by Gasteiger charge is -2.14. The molecule has 0 saturated heterocycles. The number of fused-ring (bicyclic) bond motifs is 1. The molecule has 0 saturated carbocycles. The summed E-state index contributed by atoms with van der Waals surface area (Å²) in [6.45, 7) is 6.01. The first kappa shape index (κ1) is 18.6. The van der Waals surface area contributed by atoms with Gasteiger partial charge in [-0.05, 0) is 18.9 Å². The van der Waals surface area contributed by atoms with Gasteiger partial charge < -0.3 is 10.1 Å². The Balaban J connectivity index is 2.36. The van der Waals surface area contributed by atoms with Gasteiger partial charge in [0.15, 0.2) is 0 Å². The summed E-state index contributed by atoms with van der Waals surface area (Å²) < 4.78 is 6.00. The quantitative estimate of drug-likeness (QED) is 0.796. The van der Waals surface area contributed by atoms with E-state index in [4.69, 9.17) is 0 Å². The number of carbonyl (C=O) groups is 2. The molecule has 1 N–H and O–H groups in total. The van der Waals surface area contributed by atoms with E-state index >= 15 is 0 Å². The molecule has 1 aromatic carbocycles. The Morgan fingerprint density at radius 3 is 2.44 bits per heavy atom. The lowest BCUT2D eigenvalue weighted by Crippen LogP contribution is -2.40. The summed E-state index contributed by atoms with van der Waals surface area (Å²) in [7, 11) is 1.27. The number of hydrogen-bond donors (Lipinski definition) is 1. The average Bonchev–Trinajstić information content (AvgIpc) is 2.57. The Morgan fingerprint density at radius 2 is 1.84 bits per heavy atom. The number of nitrogens with zero attached hydrogens (tertiary/aromatic N) is 2. The zero-order valence-electron chi connectivity index (χ0n) is 14.9. The van der Waals surface area contributed by atoms with Crippen LogP contribution < -0.4 is 10.9 Å². The monoisotopic (exact) mass is 345 g/mol. The molecule has 1 atom stereocenters. The summed E-state index contributed by atoms with van der Waals surface area (Å²) >= 11 is 0. The van der Waals surface area contributed by atoms with Crippen LogP contribution in [0.3, 0.4) is 0 Å². The smallest absolute Gasteiger partial charge is 0.328 e. The van der Waals surface area contributed by atoms with Gasteiger partial charge in [-0.1, -0.05) is 32.0 Å². The first-order valence-electron chi connectivity index (χ1n) is 8.19. The highest BCUT2D eigenvalue weighted by atomic mass is 16.5. The molecule has 0 unspecified atom stereocenters. The van der Waals surface area contributed by atoms with E-state index < -0.39 is 12.0 Å². The summed E-state index contributed by atoms with van der Waals surface area (Å²) in [5.41, 5.74) is 0.335. The number of methoxy groups -OCH3 is 1. The molecule has 0 aliphatic rings. The number of amides is 1. The van der Waals surface area contributed by atoms with E-state index in [2.05, 4.69) is 15.2 Å². The molecule has 0 spiro atoms. The molecule has 0 bridgehead atoms. The van der Waals surface area contributed by atoms with E-state index in [1.807, 2.05) is 13.8 Å². The maximum absolute atomic E-state index is 12.5. The fourth-order valence-electron chi connectivity index (χ4n) is 2.59. The summed E-state index contributed by atoms with van der Waals surface area (Å²) in [5.74, 6) is -0.631. The number of ether oxygens (including phenoxy) is 1. The molecule has 0 aliphatic heterocycles. The van der Waals surface area contributed by atoms with Crippen molar-refractivity contribution in [1.29, 1.82) is 0 Å². The van der Waals surface area contributed by atoms with Crippen molar-refractivity contribution in [3.8, 4) is 0 Å². The average molecular weight is 345 g/mol. The molecule has 0 aliphatic carbocycles. The third-order valence-corrected chi connectivity index (χ3v) is 3.74. The van der Waals surface area contributed by atoms with Gasteiger partial charge in [0.05, 0.1) is 24.6 Å². The minimum Gasteiger partial charge on any atom is -0.467 e. The molecular formula is C18H23N3O4. The minimum absolute atomic E-state index is 0.0276. The topological polar surface area (TPSA) is 90.3 Å². The van der Waals surface area contributed by atoms with E-state index in [-0.39, 0.29) is 23.8 Å². The zero-order chi connectivity index (χ0) is 18.6. The molecule has 1 heterocycles. The summed E-state index contributed by atoms with van der Waals surface area (Å²) in [6, 6.07) is 6.34. The maximum atomic E-state index is 12.5. The van der Waals surface area contributed by atoms with Crippen LogP contribution in [-0.4, -0.2) is 34.8 Å². The van der Waals surface area contributed by atoms with E-state index in [1.54, 1.807) is 31.2 Å². The fraction of sp³-hybridized carbons (Fsp3) is 0.444. The molecule has 7 nitrogen and oxygen atoms in total. The Kier molecular flexibility index (Phi) is 5.90. The molecule has 2 aromatic rings. The summed E-state index contributed by atoms with van der Waals surface area (Å²) in [5, 5.41) is 8.13. The highest BCUT2D eigenvalue weighted by molar-refractivity contribution is 5.90. The second kappa shape index (κ2) is 7.92. The fourth-order valence-corrected chi connectivity index (χ4v) is 2.59. The second-order valence-corrected chi connectivity index (χ2v) is 6.36. The Morgan fingerprint density at radius 1 is 1.20 bits per heavy atom. The minimum atomic E-state index is -0.745. The number of nitrogens with one attached hydrogen (secondary N) is 1. The first-order valence-corrected chi connectivity index (χ1v) is 8.19. The van der Waals surface area contributed by atoms with Gasteiger partial charge in [-0.25, -0.2) is 9.48 Å². The first-order chi connectivity index (χ1) is 11.8. The third kappa shape index (κ3) is 4.43. The third-order valence-electron chi connectivity index (χ3n) is 3.74. The van der Waals surface area contributed by atoms with Crippen LogP contribution in [0.5, 0.6) is 0 Å². The predicted octanol–water partition coefficient (Wildman–Crippen LogP) is 1.27. The van der Waals surface area contributed by atoms with Crippen LogP contribution >= 0.6 is 0 Å². The number of hydrogen-bond acceptors (Lipinski definition) is 5. The molecule has 7 heteroatoms. The van der Waals surface area contributed by atoms with Crippen LogP contribution in [0.2, 0.25) is 0 Å². The molecule has 25 heavy (non-hydrogen) atoms. The SMILES string of the molecule is COC(=O)[C@@H](C)NC(=O)Cc1nn(CC(C)C)c(=O)c2ccccc12. The Bertz CT molecular complexity index is 842. The van der Waals surface area contributed by atoms with Crippen LogP contribution in [-0.2, 0) is 27.3 Å². The predicted molar refractivity (Wildman–Crippen MR) is 94.2 cm³/mol. The van der Waals surface area contributed by atoms with Crippen LogP contribution in [0.4, 0.5) is 0 Å². The van der Waals surface area contributed by atoms with Crippen molar-refractivity contribution in [1.82, 2.24) is 15.1 Å². The van der Waals surface area contributed by atoms with E-state index in [0.717, 1.165) is 0 Å². The number of esters is 1. The van der Waals surface area contributed by atoms with Gasteiger partial charge in [-0.3, -0.25) is 9.59 Å². The van der Waals surface area contributed by atoms with Crippen molar-refractivity contribution in [3.05, 3.63) is 40.3 Å². The number of carbonyl (C=O) groups excluding carboxylic acids is 2. The van der Waals surface area contributed by atoms with Crippen LogP contribution in [0, 0.1) is 5.92 Å². The highest BCUT2D eigenvalue weighted by Crippen LogP contribution is 2.14. The van der Waals surface area contributed by atoms with Crippen molar-refractivity contribution in [2.24, 2.45) is 5.92 Å². The van der Waals surface area contributed by atoms with Crippen LogP contribution in [0.25, 0.3) is 10.8 Å². The van der Waals surface area contributed by atoms with E-state index in [0.29, 0.717) is 23.0 Å². The number of benzene rings is 1. The highest BCUT2D eigenvalue weighted by Gasteiger charge is 2.18. The van der Waals surface area contributed by atoms with E-state index in [1.165, 1.54) is 11.8 Å². The van der Waals surface area contributed by atoms with Gasteiger partial charge in [0.25, 0.3) is 5.56 Å². The van der Waals surface area contributed by atoms with Gasteiger partial charge in [0, 0.05) is 11.9 Å². The van der Waals surface area contributed by atoms with Gasteiger partial charge in [-0.2, -0.15) is 5.10 Å². The van der Waals surface area contributed by atoms with Crippen molar-refractivity contribution in [2.75, 3.05) is 7.11 Å². The standard InChI is InChI=1S/C18H23N3O4/c1-11(2)10-21-17(23)14-8-6-5-7-13(14)15(20-21)9-16(22)19-12(3)18(24)25-4/h5-8,11-12H,9-10H2,1-4H3,(H,19,22)/t12-/m1/s1. The second-order valence-electron chi connectivity index (χ2n) is 6.36. The lowest BCUT2D eigenvalue weighted by atomic mass is 10.1. The molecule has 2 rings (SSSR count). The van der Waals surface area contributed by atoms with Gasteiger partial charge >= 0.3 is 5.97 Å². The van der Waals surface area contributed by atoms with E-state index in [9.17, 15) is 14.4 Å². The van der Waals surface area contributed by atoms with Crippen LogP contribution in [0.1, 0.15) is 26.5 Å². The maximum Gasteiger partial charge on any atom is 0.328 e. The van der Waals surface area contributed by atoms with Gasteiger partial charge in [0.1, 0.15) is 6.04 Å². The van der Waals surface area contributed by atoms with Crippen LogP contribution in [0.15, 0.2) is 29.1 Å². The lowest BCUT2D eigenvalue weighted by molar-refractivity contribution is -0.144. The van der Waals surface area contributed by atoms with Gasteiger partial charge in [0.2, 0.25) is 5.91 Å². The normalized spacial score (nSPS) is 12.2. The Hall–Kier alpha value is -2.70. The van der Waals surface area contributed by atoms with Crippen molar-refractivity contribution < 1.29 is 14.3 Å². The summed E-state index contributed by atoms with van der Waals surface area (Å²) in [6.07, 6.45) is -0.0276. The van der Waals surface area contributed by atoms with Crippen molar-refractivity contribution in [2.45, 2.75) is 39.8 Å².